The first kappa shape index (κ1) is 7.32. The Morgan fingerprint density at radius 3 is 3.07 bits per heavy atom. The van der Waals surface area contributed by atoms with Crippen LogP contribution >= 0.6 is 0 Å². The number of nitrogens with one attached hydrogen (secondary N) is 1. The van der Waals surface area contributed by atoms with E-state index in [1.165, 1.54) is 6.39 Å². The second kappa shape index (κ2) is 2.70. The molecule has 0 aliphatic heterocycles. The number of benzene rings is 1. The number of H-pyrrole nitrogens is 1. The number of hydrogen-bond donors (Lipinski definition) is 1. The first-order valence-electron chi connectivity index (χ1n) is 4.26. The first-order chi connectivity index (χ1) is 6.93. The van der Waals surface area contributed by atoms with Crippen LogP contribution in [0.3, 0.4) is 0 Å². The van der Waals surface area contributed by atoms with Gasteiger partial charge in [-0.1, -0.05) is 6.07 Å². The molecular formula is C10H7N3O. The minimum atomic E-state index is 0.795. The number of aromatic nitrogens is 3. The summed E-state index contributed by atoms with van der Waals surface area (Å²) >= 11 is 0. The van der Waals surface area contributed by atoms with Gasteiger partial charge in [0.15, 0.2) is 12.0 Å². The van der Waals surface area contributed by atoms with Crippen molar-refractivity contribution in [2.24, 2.45) is 0 Å². The summed E-state index contributed by atoms with van der Waals surface area (Å²) in [6, 6.07) is 5.88. The van der Waals surface area contributed by atoms with E-state index in [2.05, 4.69) is 15.2 Å². The minimum absolute atomic E-state index is 0.795. The van der Waals surface area contributed by atoms with Crippen LogP contribution in [0, 0.1) is 0 Å². The van der Waals surface area contributed by atoms with E-state index < -0.39 is 0 Å². The Labute approximate surface area is 79.6 Å². The number of fused-ring (bicyclic) bond motifs is 1. The summed E-state index contributed by atoms with van der Waals surface area (Å²) in [4.78, 5) is 4.05. The van der Waals surface area contributed by atoms with Crippen molar-refractivity contribution in [1.82, 2.24) is 15.2 Å². The quantitative estimate of drug-likeness (QED) is 0.632. The molecule has 0 spiro atoms. The summed E-state index contributed by atoms with van der Waals surface area (Å²) in [6.45, 7) is 0. The molecule has 2 aromatic heterocycles. The molecule has 0 unspecified atom stereocenters. The number of rotatable bonds is 1. The molecule has 4 nitrogen and oxygen atoms in total. The van der Waals surface area contributed by atoms with E-state index in [9.17, 15) is 0 Å². The summed E-state index contributed by atoms with van der Waals surface area (Å²) < 4.78 is 5.21. The molecular weight excluding hydrogens is 178 g/mol. The highest BCUT2D eigenvalue weighted by molar-refractivity contribution is 5.79. The number of hydrogen-bond acceptors (Lipinski definition) is 3. The first-order valence-corrected chi connectivity index (χ1v) is 4.26. The summed E-state index contributed by atoms with van der Waals surface area (Å²) in [6.07, 6.45) is 5.07. The van der Waals surface area contributed by atoms with Gasteiger partial charge in [-0.05, 0) is 17.7 Å². The molecule has 2 heterocycles. The lowest BCUT2D eigenvalue weighted by atomic mass is 10.1. The number of nitrogens with zero attached hydrogens (tertiary/aromatic N) is 2. The highest BCUT2D eigenvalue weighted by Crippen LogP contribution is 2.22. The fourth-order valence-electron chi connectivity index (χ4n) is 1.44. The average molecular weight is 185 g/mol. The van der Waals surface area contributed by atoms with Gasteiger partial charge in [0.05, 0.1) is 6.20 Å². The van der Waals surface area contributed by atoms with Crippen molar-refractivity contribution in [2.75, 3.05) is 0 Å². The van der Waals surface area contributed by atoms with Crippen LogP contribution in [0.15, 0.2) is 41.4 Å². The maximum atomic E-state index is 5.21. The zero-order valence-electron chi connectivity index (χ0n) is 7.27. The molecule has 0 aliphatic rings. The molecule has 68 valence electrons. The molecule has 4 heteroatoms. The van der Waals surface area contributed by atoms with Crippen molar-refractivity contribution in [3.8, 4) is 11.1 Å². The van der Waals surface area contributed by atoms with Crippen LogP contribution in [0.4, 0.5) is 0 Å². The molecule has 3 rings (SSSR count). The number of oxazole rings is 1. The maximum absolute atomic E-state index is 5.21. The Bertz CT molecular complexity index is 554. The van der Waals surface area contributed by atoms with Gasteiger partial charge in [0.2, 0.25) is 0 Å². The molecule has 0 atom stereocenters. The lowest BCUT2D eigenvalue weighted by Gasteiger charge is -1.94. The summed E-state index contributed by atoms with van der Waals surface area (Å²) in [7, 11) is 0. The zero-order valence-corrected chi connectivity index (χ0v) is 7.27. The fourth-order valence-corrected chi connectivity index (χ4v) is 1.44. The van der Waals surface area contributed by atoms with Crippen LogP contribution in [0.1, 0.15) is 0 Å². The minimum Gasteiger partial charge on any atom is -0.443 e. The standard InChI is InChI=1S/C10H7N3O/c1-2-9-10(14-6-11-9)3-7(1)8-4-12-13-5-8/h1-6H,(H,12,13). The van der Waals surface area contributed by atoms with E-state index in [1.807, 2.05) is 24.4 Å². The second-order valence-electron chi connectivity index (χ2n) is 3.02. The van der Waals surface area contributed by atoms with Gasteiger partial charge >= 0.3 is 0 Å². The molecule has 14 heavy (non-hydrogen) atoms. The van der Waals surface area contributed by atoms with E-state index in [1.54, 1.807) is 6.20 Å². The van der Waals surface area contributed by atoms with Crippen LogP contribution in [-0.2, 0) is 0 Å². The van der Waals surface area contributed by atoms with Gasteiger partial charge in [-0.15, -0.1) is 0 Å². The third-order valence-electron chi connectivity index (χ3n) is 2.16. The molecule has 0 amide bonds. The van der Waals surface area contributed by atoms with Crippen molar-refractivity contribution < 1.29 is 4.42 Å². The average Bonchev–Trinajstić information content (AvgIpc) is 2.88. The lowest BCUT2D eigenvalue weighted by Crippen LogP contribution is -1.73. The third kappa shape index (κ3) is 1.01. The largest absolute Gasteiger partial charge is 0.443 e. The van der Waals surface area contributed by atoms with Gasteiger partial charge in [-0.2, -0.15) is 5.10 Å². The van der Waals surface area contributed by atoms with Gasteiger partial charge in [0.1, 0.15) is 5.52 Å². The molecule has 0 saturated carbocycles. The van der Waals surface area contributed by atoms with Crippen LogP contribution in [-0.4, -0.2) is 15.2 Å². The molecule has 0 fully saturated rings. The maximum Gasteiger partial charge on any atom is 0.181 e. The Balaban J connectivity index is 2.23. The van der Waals surface area contributed by atoms with Crippen LogP contribution in [0.5, 0.6) is 0 Å². The Hall–Kier alpha value is -2.10. The van der Waals surface area contributed by atoms with Gasteiger partial charge in [-0.25, -0.2) is 4.98 Å². The van der Waals surface area contributed by atoms with Crippen LogP contribution in [0.2, 0.25) is 0 Å². The zero-order chi connectivity index (χ0) is 9.38. The SMILES string of the molecule is c1nc2ccc(-c3cn[nH]c3)cc2o1. The Morgan fingerprint density at radius 2 is 2.21 bits per heavy atom. The number of aromatic amines is 1. The van der Waals surface area contributed by atoms with E-state index in [0.717, 1.165) is 22.2 Å². The smallest absolute Gasteiger partial charge is 0.181 e. The molecule has 1 aromatic carbocycles. The Kier molecular flexibility index (Phi) is 1.41. The molecule has 0 radical (unpaired) electrons. The third-order valence-corrected chi connectivity index (χ3v) is 2.16. The molecule has 1 N–H and O–H groups in total. The summed E-state index contributed by atoms with van der Waals surface area (Å²) in [5.41, 5.74) is 3.78. The van der Waals surface area contributed by atoms with Crippen molar-refractivity contribution in [3.63, 3.8) is 0 Å². The van der Waals surface area contributed by atoms with Crippen molar-refractivity contribution in [3.05, 3.63) is 37.0 Å². The second-order valence-corrected chi connectivity index (χ2v) is 3.02. The molecule has 0 saturated heterocycles. The lowest BCUT2D eigenvalue weighted by molar-refractivity contribution is 0.602. The predicted molar refractivity (Wildman–Crippen MR) is 51.6 cm³/mol. The van der Waals surface area contributed by atoms with Crippen LogP contribution in [0.25, 0.3) is 22.2 Å². The summed E-state index contributed by atoms with van der Waals surface area (Å²) in [5.74, 6) is 0. The normalized spacial score (nSPS) is 10.9. The predicted octanol–water partition coefficient (Wildman–Crippen LogP) is 2.22. The highest BCUT2D eigenvalue weighted by Gasteiger charge is 2.02. The van der Waals surface area contributed by atoms with Gasteiger partial charge in [-0.3, -0.25) is 5.10 Å². The van der Waals surface area contributed by atoms with E-state index in [-0.39, 0.29) is 0 Å². The topological polar surface area (TPSA) is 54.7 Å². The van der Waals surface area contributed by atoms with Gasteiger partial charge in [0, 0.05) is 11.8 Å². The van der Waals surface area contributed by atoms with Crippen LogP contribution < -0.4 is 0 Å². The van der Waals surface area contributed by atoms with Crippen molar-refractivity contribution in [1.29, 1.82) is 0 Å². The van der Waals surface area contributed by atoms with E-state index >= 15 is 0 Å². The molecule has 0 aliphatic carbocycles. The van der Waals surface area contributed by atoms with Crippen molar-refractivity contribution >= 4 is 11.1 Å². The van der Waals surface area contributed by atoms with Gasteiger partial charge < -0.3 is 4.42 Å². The molecule has 3 aromatic rings. The van der Waals surface area contributed by atoms with Crippen molar-refractivity contribution in [2.45, 2.75) is 0 Å². The highest BCUT2D eigenvalue weighted by atomic mass is 16.3. The van der Waals surface area contributed by atoms with E-state index in [4.69, 9.17) is 4.42 Å². The van der Waals surface area contributed by atoms with E-state index in [0.29, 0.717) is 0 Å². The van der Waals surface area contributed by atoms with Gasteiger partial charge in [0.25, 0.3) is 0 Å². The Morgan fingerprint density at radius 1 is 1.21 bits per heavy atom. The summed E-state index contributed by atoms with van der Waals surface area (Å²) in [5, 5.41) is 6.67. The fraction of sp³-hybridized carbons (Fsp3) is 0. The molecule has 0 bridgehead atoms. The monoisotopic (exact) mass is 185 g/mol.